The zero-order valence-corrected chi connectivity index (χ0v) is 12.6. The minimum Gasteiger partial charge on any atom is -0.376 e. The Morgan fingerprint density at radius 3 is 2.55 bits per heavy atom. The van der Waals surface area contributed by atoms with Crippen molar-refractivity contribution >= 4 is 11.6 Å². The van der Waals surface area contributed by atoms with Gasteiger partial charge in [-0.15, -0.1) is 0 Å². The lowest BCUT2D eigenvalue weighted by Crippen LogP contribution is -2.31. The second kappa shape index (κ2) is 6.75. The third kappa shape index (κ3) is 3.97. The topological polar surface area (TPSA) is 44.4 Å². The van der Waals surface area contributed by atoms with Crippen LogP contribution in [-0.4, -0.2) is 38.0 Å². The summed E-state index contributed by atoms with van der Waals surface area (Å²) in [5, 5.41) is 6.74. The molecule has 1 aromatic carbocycles. The first-order valence-corrected chi connectivity index (χ1v) is 7.33. The summed E-state index contributed by atoms with van der Waals surface area (Å²) < 4.78 is 0. The van der Waals surface area contributed by atoms with E-state index in [1.54, 1.807) is 19.0 Å². The van der Waals surface area contributed by atoms with Gasteiger partial charge in [0.1, 0.15) is 0 Å². The van der Waals surface area contributed by atoms with Gasteiger partial charge in [-0.05, 0) is 43.0 Å². The Morgan fingerprint density at radius 2 is 2.00 bits per heavy atom. The first-order valence-electron chi connectivity index (χ1n) is 7.33. The molecule has 2 N–H and O–H groups in total. The third-order valence-corrected chi connectivity index (χ3v) is 3.92. The van der Waals surface area contributed by atoms with Crippen LogP contribution in [-0.2, 0) is 4.79 Å². The highest BCUT2D eigenvalue weighted by Crippen LogP contribution is 2.26. The maximum absolute atomic E-state index is 11.5. The Labute approximate surface area is 121 Å². The molecular formula is C16H25N3O. The molecule has 2 rings (SSSR count). The number of amides is 1. The smallest absolute Gasteiger partial charge is 0.241 e. The molecule has 110 valence electrons. The van der Waals surface area contributed by atoms with Crippen molar-refractivity contribution in [3.8, 4) is 0 Å². The van der Waals surface area contributed by atoms with Crippen molar-refractivity contribution in [3.63, 3.8) is 0 Å². The number of hydrogen-bond donors (Lipinski definition) is 2. The van der Waals surface area contributed by atoms with E-state index in [0.717, 1.165) is 18.2 Å². The summed E-state index contributed by atoms with van der Waals surface area (Å²) in [5.41, 5.74) is 2.33. The van der Waals surface area contributed by atoms with E-state index < -0.39 is 0 Å². The Hall–Kier alpha value is -1.55. The van der Waals surface area contributed by atoms with Crippen LogP contribution in [0, 0.1) is 5.92 Å². The molecule has 1 aliphatic rings. The van der Waals surface area contributed by atoms with Crippen LogP contribution in [0.15, 0.2) is 24.3 Å². The van der Waals surface area contributed by atoms with E-state index >= 15 is 0 Å². The van der Waals surface area contributed by atoms with Crippen molar-refractivity contribution in [3.05, 3.63) is 29.8 Å². The quantitative estimate of drug-likeness (QED) is 0.886. The molecular weight excluding hydrogens is 250 g/mol. The lowest BCUT2D eigenvalue weighted by Gasteiger charge is -2.28. The predicted octanol–water partition coefficient (Wildman–Crippen LogP) is 2.25. The number of nitrogens with one attached hydrogen (secondary N) is 2. The van der Waals surface area contributed by atoms with Crippen LogP contribution in [0.5, 0.6) is 0 Å². The molecule has 4 nitrogen and oxygen atoms in total. The SMILES string of the molecule is C[C@@H]1CC[C@@H](c2ccc(NCC(=O)N(C)C)cc2)NC1. The molecule has 0 radical (unpaired) electrons. The highest BCUT2D eigenvalue weighted by atomic mass is 16.2. The first kappa shape index (κ1) is 14.9. The summed E-state index contributed by atoms with van der Waals surface area (Å²) in [5.74, 6) is 0.862. The van der Waals surface area contributed by atoms with E-state index in [4.69, 9.17) is 0 Å². The average Bonchev–Trinajstić information content (AvgIpc) is 2.46. The van der Waals surface area contributed by atoms with Gasteiger partial charge in [0.15, 0.2) is 0 Å². The van der Waals surface area contributed by atoms with Gasteiger partial charge >= 0.3 is 0 Å². The van der Waals surface area contributed by atoms with Crippen molar-refractivity contribution < 1.29 is 4.79 Å². The van der Waals surface area contributed by atoms with Crippen LogP contribution >= 0.6 is 0 Å². The van der Waals surface area contributed by atoms with E-state index in [0.29, 0.717) is 12.6 Å². The number of nitrogens with zero attached hydrogens (tertiary/aromatic N) is 1. The molecule has 1 saturated heterocycles. The molecule has 1 heterocycles. The lowest BCUT2D eigenvalue weighted by molar-refractivity contribution is -0.126. The summed E-state index contributed by atoms with van der Waals surface area (Å²) in [7, 11) is 3.53. The highest BCUT2D eigenvalue weighted by molar-refractivity contribution is 5.80. The minimum atomic E-state index is 0.0806. The van der Waals surface area contributed by atoms with Gasteiger partial charge in [-0.2, -0.15) is 0 Å². The van der Waals surface area contributed by atoms with Crippen molar-refractivity contribution in [2.45, 2.75) is 25.8 Å². The molecule has 0 bridgehead atoms. The van der Waals surface area contributed by atoms with E-state index in [-0.39, 0.29) is 5.91 Å². The molecule has 0 unspecified atom stereocenters. The number of piperidine rings is 1. The van der Waals surface area contributed by atoms with Crippen LogP contribution in [0.3, 0.4) is 0 Å². The van der Waals surface area contributed by atoms with E-state index in [1.165, 1.54) is 18.4 Å². The monoisotopic (exact) mass is 275 g/mol. The zero-order chi connectivity index (χ0) is 14.5. The lowest BCUT2D eigenvalue weighted by atomic mass is 9.92. The van der Waals surface area contributed by atoms with Gasteiger partial charge in [0.05, 0.1) is 6.54 Å². The van der Waals surface area contributed by atoms with Crippen LogP contribution in [0.4, 0.5) is 5.69 Å². The second-order valence-electron chi connectivity index (χ2n) is 5.91. The molecule has 1 aliphatic heterocycles. The van der Waals surface area contributed by atoms with Crippen LogP contribution in [0.25, 0.3) is 0 Å². The van der Waals surface area contributed by atoms with Crippen molar-refractivity contribution in [2.24, 2.45) is 5.92 Å². The molecule has 0 saturated carbocycles. The number of carbonyl (C=O) groups is 1. The molecule has 4 heteroatoms. The maximum Gasteiger partial charge on any atom is 0.241 e. The summed E-state index contributed by atoms with van der Waals surface area (Å²) in [6.45, 7) is 3.73. The fourth-order valence-corrected chi connectivity index (χ4v) is 2.45. The fraction of sp³-hybridized carbons (Fsp3) is 0.562. The van der Waals surface area contributed by atoms with Crippen LogP contribution in [0.1, 0.15) is 31.4 Å². The molecule has 20 heavy (non-hydrogen) atoms. The van der Waals surface area contributed by atoms with Crippen molar-refractivity contribution in [1.82, 2.24) is 10.2 Å². The molecule has 1 aromatic rings. The number of rotatable bonds is 4. The van der Waals surface area contributed by atoms with Gasteiger partial charge in [0, 0.05) is 25.8 Å². The molecule has 0 spiro atoms. The standard InChI is InChI=1S/C16H25N3O/c1-12-4-9-15(18-10-12)13-5-7-14(8-6-13)17-11-16(20)19(2)3/h5-8,12,15,17-18H,4,9-11H2,1-3H3/t12-,15+/m1/s1. The predicted molar refractivity (Wildman–Crippen MR) is 82.8 cm³/mol. The van der Waals surface area contributed by atoms with Gasteiger partial charge < -0.3 is 15.5 Å². The average molecular weight is 275 g/mol. The number of anilines is 1. The van der Waals surface area contributed by atoms with Gasteiger partial charge in [0.2, 0.25) is 5.91 Å². The van der Waals surface area contributed by atoms with Crippen molar-refractivity contribution in [2.75, 3.05) is 32.5 Å². The van der Waals surface area contributed by atoms with Crippen LogP contribution < -0.4 is 10.6 Å². The summed E-state index contributed by atoms with van der Waals surface area (Å²) >= 11 is 0. The Bertz CT molecular complexity index is 434. The molecule has 1 fully saturated rings. The molecule has 0 aliphatic carbocycles. The van der Waals surface area contributed by atoms with Gasteiger partial charge in [-0.3, -0.25) is 4.79 Å². The second-order valence-corrected chi connectivity index (χ2v) is 5.91. The van der Waals surface area contributed by atoms with Gasteiger partial charge in [-0.25, -0.2) is 0 Å². The molecule has 0 aromatic heterocycles. The highest BCUT2D eigenvalue weighted by Gasteiger charge is 2.18. The Morgan fingerprint density at radius 1 is 1.30 bits per heavy atom. The Kier molecular flexibility index (Phi) is 5.01. The van der Waals surface area contributed by atoms with Gasteiger partial charge in [0.25, 0.3) is 0 Å². The Balaban J connectivity index is 1.88. The van der Waals surface area contributed by atoms with E-state index in [1.807, 2.05) is 0 Å². The fourth-order valence-electron chi connectivity index (χ4n) is 2.45. The normalized spacial score (nSPS) is 22.4. The summed E-state index contributed by atoms with van der Waals surface area (Å²) in [4.78, 5) is 13.1. The summed E-state index contributed by atoms with van der Waals surface area (Å²) in [6, 6.07) is 8.88. The third-order valence-electron chi connectivity index (χ3n) is 3.92. The minimum absolute atomic E-state index is 0.0806. The molecule has 1 amide bonds. The molecule has 2 atom stereocenters. The largest absolute Gasteiger partial charge is 0.376 e. The first-order chi connectivity index (χ1) is 9.56. The van der Waals surface area contributed by atoms with Gasteiger partial charge in [-0.1, -0.05) is 19.1 Å². The van der Waals surface area contributed by atoms with E-state index in [9.17, 15) is 4.79 Å². The van der Waals surface area contributed by atoms with Crippen LogP contribution in [0.2, 0.25) is 0 Å². The zero-order valence-electron chi connectivity index (χ0n) is 12.6. The maximum atomic E-state index is 11.5. The van der Waals surface area contributed by atoms with E-state index in [2.05, 4.69) is 41.8 Å². The summed E-state index contributed by atoms with van der Waals surface area (Å²) in [6.07, 6.45) is 2.49. The van der Waals surface area contributed by atoms with Crippen molar-refractivity contribution in [1.29, 1.82) is 0 Å². The number of hydrogen-bond acceptors (Lipinski definition) is 3. The number of carbonyl (C=O) groups excluding carboxylic acids is 1. The number of benzene rings is 1. The number of likely N-dealkylation sites (N-methyl/N-ethyl adjacent to an activating group) is 1.